The molecule has 0 radical (unpaired) electrons. The summed E-state index contributed by atoms with van der Waals surface area (Å²) in [6.45, 7) is 6.30. The zero-order valence-electron chi connectivity index (χ0n) is 15.2. The first-order valence-electron chi connectivity index (χ1n) is 10.0. The van der Waals surface area contributed by atoms with Crippen LogP contribution in [0.15, 0.2) is 0 Å². The number of fused-ring (bicyclic) bond motifs is 5. The van der Waals surface area contributed by atoms with E-state index in [9.17, 15) is 9.90 Å². The predicted octanol–water partition coefficient (Wildman–Crippen LogP) is 4.60. The first-order chi connectivity index (χ1) is 10.8. The maximum Gasteiger partial charge on any atom is 0.133 e. The molecular weight excluding hydrogens is 284 g/mol. The molecule has 0 aromatic carbocycles. The van der Waals surface area contributed by atoms with Crippen LogP contribution in [0.25, 0.3) is 0 Å². The number of aliphatic hydroxyl groups is 1. The lowest BCUT2D eigenvalue weighted by Crippen LogP contribution is -2.50. The van der Waals surface area contributed by atoms with Crippen molar-refractivity contribution in [1.29, 1.82) is 0 Å². The Labute approximate surface area is 141 Å². The molecule has 4 aliphatic rings. The molecule has 0 heterocycles. The summed E-state index contributed by atoms with van der Waals surface area (Å²) < 4.78 is 0. The second-order valence-electron chi connectivity index (χ2n) is 9.96. The predicted molar refractivity (Wildman–Crippen MR) is 91.9 cm³/mol. The Hall–Kier alpha value is -0.370. The summed E-state index contributed by atoms with van der Waals surface area (Å²) in [6, 6.07) is 0. The lowest BCUT2D eigenvalue weighted by Gasteiger charge is -2.56. The van der Waals surface area contributed by atoms with E-state index < -0.39 is 5.60 Å². The summed E-state index contributed by atoms with van der Waals surface area (Å²) in [5.74, 6) is 4.92. The summed E-state index contributed by atoms with van der Waals surface area (Å²) in [4.78, 5) is 12.1. The molecule has 4 aliphatic carbocycles. The zero-order chi connectivity index (χ0) is 16.4. The fourth-order valence-corrected chi connectivity index (χ4v) is 7.75. The van der Waals surface area contributed by atoms with Crippen molar-refractivity contribution >= 4 is 5.78 Å². The van der Waals surface area contributed by atoms with E-state index in [4.69, 9.17) is 0 Å². The highest BCUT2D eigenvalue weighted by atomic mass is 16.3. The van der Waals surface area contributed by atoms with Gasteiger partial charge in [0.15, 0.2) is 0 Å². The first-order valence-corrected chi connectivity index (χ1v) is 10.0. The van der Waals surface area contributed by atoms with Crippen LogP contribution in [-0.2, 0) is 4.79 Å². The van der Waals surface area contributed by atoms with Crippen molar-refractivity contribution in [3.8, 4) is 0 Å². The third-order valence-corrected chi connectivity index (χ3v) is 8.73. The summed E-state index contributed by atoms with van der Waals surface area (Å²) in [5, 5.41) is 10.5. The van der Waals surface area contributed by atoms with Gasteiger partial charge in [0.05, 0.1) is 5.60 Å². The van der Waals surface area contributed by atoms with E-state index in [1.54, 1.807) is 0 Å². The molecule has 0 bridgehead atoms. The van der Waals surface area contributed by atoms with Crippen molar-refractivity contribution in [2.45, 2.75) is 84.2 Å². The minimum Gasteiger partial charge on any atom is -0.390 e. The van der Waals surface area contributed by atoms with Crippen molar-refractivity contribution in [3.63, 3.8) is 0 Å². The van der Waals surface area contributed by atoms with Crippen LogP contribution in [-0.4, -0.2) is 16.5 Å². The van der Waals surface area contributed by atoms with E-state index in [0.717, 1.165) is 48.9 Å². The van der Waals surface area contributed by atoms with E-state index in [0.29, 0.717) is 17.1 Å². The van der Waals surface area contributed by atoms with Gasteiger partial charge in [0, 0.05) is 5.92 Å². The standard InChI is InChI=1S/C21H34O2/c1-13(22)18-6-7-19-17-5-4-14-12-20(2,23)10-8-15(14)16(17)9-11-21(18,19)3/h14-19,23H,4-12H2,1-3H3/t14-,15+,16-,17-,18-,19+,20+,21-/m1/s1. The number of hydrogen-bond acceptors (Lipinski definition) is 2. The van der Waals surface area contributed by atoms with Crippen LogP contribution in [0, 0.1) is 40.9 Å². The molecule has 0 unspecified atom stereocenters. The molecule has 23 heavy (non-hydrogen) atoms. The molecule has 130 valence electrons. The van der Waals surface area contributed by atoms with E-state index in [1.165, 1.54) is 38.5 Å². The van der Waals surface area contributed by atoms with Gasteiger partial charge in [0.25, 0.3) is 0 Å². The van der Waals surface area contributed by atoms with Crippen LogP contribution in [0.1, 0.15) is 78.6 Å². The molecule has 2 heteroatoms. The Morgan fingerprint density at radius 2 is 1.65 bits per heavy atom. The molecule has 2 nitrogen and oxygen atoms in total. The Morgan fingerprint density at radius 1 is 0.913 bits per heavy atom. The minimum absolute atomic E-state index is 0.292. The van der Waals surface area contributed by atoms with E-state index in [2.05, 4.69) is 6.92 Å². The number of hydrogen-bond donors (Lipinski definition) is 1. The molecule has 0 aromatic heterocycles. The van der Waals surface area contributed by atoms with Gasteiger partial charge in [-0.2, -0.15) is 0 Å². The quantitative estimate of drug-likeness (QED) is 0.767. The number of rotatable bonds is 1. The highest BCUT2D eigenvalue weighted by Crippen LogP contribution is 2.64. The maximum absolute atomic E-state index is 12.1. The lowest BCUT2D eigenvalue weighted by molar-refractivity contribution is -0.130. The second-order valence-corrected chi connectivity index (χ2v) is 9.96. The fraction of sp³-hybridized carbons (Fsp3) is 0.952. The lowest BCUT2D eigenvalue weighted by atomic mass is 9.49. The summed E-state index contributed by atoms with van der Waals surface area (Å²) in [7, 11) is 0. The highest BCUT2D eigenvalue weighted by molar-refractivity contribution is 5.79. The van der Waals surface area contributed by atoms with E-state index >= 15 is 0 Å². The van der Waals surface area contributed by atoms with Gasteiger partial charge in [-0.3, -0.25) is 4.79 Å². The van der Waals surface area contributed by atoms with Crippen molar-refractivity contribution in [2.75, 3.05) is 0 Å². The molecule has 0 aliphatic heterocycles. The molecule has 8 atom stereocenters. The van der Waals surface area contributed by atoms with Crippen LogP contribution in [0.2, 0.25) is 0 Å². The Kier molecular flexibility index (Phi) is 3.72. The van der Waals surface area contributed by atoms with Crippen molar-refractivity contribution < 1.29 is 9.90 Å². The SMILES string of the molecule is CC(=O)[C@H]1CC[C@H]2[C@@H]3CC[C@@H]4C[C@@](C)(O)CC[C@@H]4[C@H]3CC[C@]12C. The van der Waals surface area contributed by atoms with E-state index in [-0.39, 0.29) is 0 Å². The van der Waals surface area contributed by atoms with Gasteiger partial charge in [-0.1, -0.05) is 6.92 Å². The van der Waals surface area contributed by atoms with Crippen LogP contribution in [0.5, 0.6) is 0 Å². The molecular formula is C21H34O2. The van der Waals surface area contributed by atoms with E-state index in [1.807, 2.05) is 13.8 Å². The van der Waals surface area contributed by atoms with Gasteiger partial charge < -0.3 is 5.11 Å². The smallest absolute Gasteiger partial charge is 0.133 e. The van der Waals surface area contributed by atoms with Crippen LogP contribution in [0.4, 0.5) is 0 Å². The first kappa shape index (κ1) is 16.1. The molecule has 1 N–H and O–H groups in total. The van der Waals surface area contributed by atoms with Crippen molar-refractivity contribution in [1.82, 2.24) is 0 Å². The Bertz CT molecular complexity index is 496. The Balaban J connectivity index is 1.56. The fourth-order valence-electron chi connectivity index (χ4n) is 7.75. The monoisotopic (exact) mass is 318 g/mol. The summed E-state index contributed by atoms with van der Waals surface area (Å²) in [5.41, 5.74) is -0.121. The molecule has 0 saturated heterocycles. The number of ketones is 1. The summed E-state index contributed by atoms with van der Waals surface area (Å²) >= 11 is 0. The van der Waals surface area contributed by atoms with Gasteiger partial charge in [0.1, 0.15) is 5.78 Å². The molecule has 4 rings (SSSR count). The van der Waals surface area contributed by atoms with Gasteiger partial charge in [0.2, 0.25) is 0 Å². The molecule has 0 amide bonds. The zero-order valence-corrected chi connectivity index (χ0v) is 15.2. The van der Waals surface area contributed by atoms with Crippen LogP contribution >= 0.6 is 0 Å². The third kappa shape index (κ3) is 2.42. The maximum atomic E-state index is 12.1. The Morgan fingerprint density at radius 3 is 2.39 bits per heavy atom. The molecule has 0 spiro atoms. The second kappa shape index (κ2) is 5.31. The van der Waals surface area contributed by atoms with Crippen LogP contribution < -0.4 is 0 Å². The number of carbonyl (C=O) groups excluding carboxylic acids is 1. The minimum atomic E-state index is -0.412. The van der Waals surface area contributed by atoms with Crippen molar-refractivity contribution in [3.05, 3.63) is 0 Å². The molecule has 4 fully saturated rings. The summed E-state index contributed by atoms with van der Waals surface area (Å²) in [6.07, 6.45) is 11.0. The number of Topliss-reactive ketones (excluding diaryl/α,β-unsaturated/α-hetero) is 1. The van der Waals surface area contributed by atoms with Crippen LogP contribution in [0.3, 0.4) is 0 Å². The van der Waals surface area contributed by atoms with Crippen molar-refractivity contribution in [2.24, 2.45) is 40.9 Å². The molecule has 4 saturated carbocycles. The van der Waals surface area contributed by atoms with Gasteiger partial charge in [-0.05, 0) is 107 Å². The molecule has 0 aromatic rings. The van der Waals surface area contributed by atoms with Gasteiger partial charge in [-0.25, -0.2) is 0 Å². The van der Waals surface area contributed by atoms with Gasteiger partial charge in [-0.15, -0.1) is 0 Å². The average molecular weight is 319 g/mol. The normalized spacial score (nSPS) is 55.7. The topological polar surface area (TPSA) is 37.3 Å². The third-order valence-electron chi connectivity index (χ3n) is 8.73. The number of carbonyl (C=O) groups is 1. The largest absolute Gasteiger partial charge is 0.390 e. The highest BCUT2D eigenvalue weighted by Gasteiger charge is 2.58. The van der Waals surface area contributed by atoms with Gasteiger partial charge >= 0.3 is 0 Å². The average Bonchev–Trinajstić information content (AvgIpc) is 2.83.